The number of hydrogen-bond acceptors (Lipinski definition) is 5. The summed E-state index contributed by atoms with van der Waals surface area (Å²) in [6.07, 6.45) is 7.49. The minimum absolute atomic E-state index is 0.0176. The number of fused-ring (bicyclic) bond motifs is 5. The highest BCUT2D eigenvalue weighted by molar-refractivity contribution is 5.28. The van der Waals surface area contributed by atoms with Crippen molar-refractivity contribution < 1.29 is 19.7 Å². The van der Waals surface area contributed by atoms with Gasteiger partial charge in [-0.1, -0.05) is 13.8 Å². The highest BCUT2D eigenvalue weighted by Crippen LogP contribution is 2.70. The molecule has 0 unspecified atom stereocenters. The molecule has 4 saturated carbocycles. The molecule has 0 saturated heterocycles. The molecule has 0 aliphatic heterocycles. The molecule has 1 aromatic rings. The average molecular weight is 403 g/mol. The highest BCUT2D eigenvalue weighted by Gasteiger charge is 2.69. The van der Waals surface area contributed by atoms with Gasteiger partial charge in [-0.3, -0.25) is 0 Å². The molecule has 0 spiro atoms. The Kier molecular flexibility index (Phi) is 4.37. The van der Waals surface area contributed by atoms with E-state index in [1.54, 1.807) is 6.26 Å². The maximum absolute atomic E-state index is 12.2. The van der Waals surface area contributed by atoms with Crippen molar-refractivity contribution in [3.63, 3.8) is 0 Å². The van der Waals surface area contributed by atoms with Gasteiger partial charge in [0.25, 0.3) is 0 Å². The zero-order valence-corrected chi connectivity index (χ0v) is 17.5. The standard InChI is InChI=1S/C24H34O5/c1-22-9-7-16(25)11-15(22)4-5-18-21(22)19(26)12-23(2)17(8-10-24(18,23)28)14-3-6-20(27)29-13-14/h3,6,13,15-19,21,25-26,28H,4-5,7-12H2,1-2H3/t15-,16-,17-,18-,19-,21-,22+,23-,24+/m1/s1. The third kappa shape index (κ3) is 2.60. The van der Waals surface area contributed by atoms with Crippen LogP contribution in [-0.4, -0.2) is 33.1 Å². The van der Waals surface area contributed by atoms with Crippen LogP contribution in [0, 0.1) is 28.6 Å². The molecular formula is C24H34O5. The van der Waals surface area contributed by atoms with E-state index in [1.165, 1.54) is 6.07 Å². The van der Waals surface area contributed by atoms with Crippen LogP contribution in [0.2, 0.25) is 0 Å². The van der Waals surface area contributed by atoms with Crippen LogP contribution in [0.15, 0.2) is 27.6 Å². The van der Waals surface area contributed by atoms with Gasteiger partial charge in [-0.05, 0) is 92.1 Å². The van der Waals surface area contributed by atoms with Crippen LogP contribution >= 0.6 is 0 Å². The molecule has 9 atom stereocenters. The Bertz CT molecular complexity index is 829. The molecular weight excluding hydrogens is 368 g/mol. The van der Waals surface area contributed by atoms with E-state index >= 15 is 0 Å². The molecule has 0 radical (unpaired) electrons. The predicted octanol–water partition coefficient (Wildman–Crippen LogP) is 3.21. The van der Waals surface area contributed by atoms with Gasteiger partial charge in [-0.2, -0.15) is 0 Å². The highest BCUT2D eigenvalue weighted by atomic mass is 16.4. The fourth-order valence-corrected chi connectivity index (χ4v) is 8.41. The zero-order chi connectivity index (χ0) is 20.6. The largest absolute Gasteiger partial charge is 0.431 e. The van der Waals surface area contributed by atoms with Crippen molar-refractivity contribution >= 4 is 0 Å². The Morgan fingerprint density at radius 3 is 2.59 bits per heavy atom. The van der Waals surface area contributed by atoms with Gasteiger partial charge in [0.15, 0.2) is 0 Å². The summed E-state index contributed by atoms with van der Waals surface area (Å²) < 4.78 is 5.14. The molecule has 0 bridgehead atoms. The molecule has 3 N–H and O–H groups in total. The summed E-state index contributed by atoms with van der Waals surface area (Å²) in [7, 11) is 0. The van der Waals surface area contributed by atoms with E-state index in [1.807, 2.05) is 6.07 Å². The van der Waals surface area contributed by atoms with Crippen LogP contribution < -0.4 is 5.63 Å². The van der Waals surface area contributed by atoms with E-state index in [-0.39, 0.29) is 34.9 Å². The second-order valence-corrected chi connectivity index (χ2v) is 10.9. The first-order chi connectivity index (χ1) is 13.7. The lowest BCUT2D eigenvalue weighted by atomic mass is 9.42. The van der Waals surface area contributed by atoms with E-state index in [0.717, 1.165) is 50.5 Å². The Labute approximate surface area is 172 Å². The van der Waals surface area contributed by atoms with Gasteiger partial charge in [0.05, 0.1) is 24.1 Å². The molecule has 4 aliphatic rings. The zero-order valence-electron chi connectivity index (χ0n) is 17.5. The summed E-state index contributed by atoms with van der Waals surface area (Å²) in [5.41, 5.74) is -0.681. The number of aliphatic hydroxyl groups excluding tert-OH is 2. The maximum Gasteiger partial charge on any atom is 0.335 e. The van der Waals surface area contributed by atoms with Gasteiger partial charge in [0.2, 0.25) is 0 Å². The molecule has 1 aromatic heterocycles. The van der Waals surface area contributed by atoms with E-state index in [9.17, 15) is 20.1 Å². The van der Waals surface area contributed by atoms with Crippen molar-refractivity contribution in [1.82, 2.24) is 0 Å². The molecule has 0 amide bonds. The third-order valence-corrected chi connectivity index (χ3v) is 9.89. The van der Waals surface area contributed by atoms with E-state index in [2.05, 4.69) is 13.8 Å². The van der Waals surface area contributed by atoms with Crippen LogP contribution in [0.3, 0.4) is 0 Å². The van der Waals surface area contributed by atoms with Crippen molar-refractivity contribution in [1.29, 1.82) is 0 Å². The topological polar surface area (TPSA) is 90.9 Å². The molecule has 5 nitrogen and oxygen atoms in total. The number of rotatable bonds is 1. The fourth-order valence-electron chi connectivity index (χ4n) is 8.41. The van der Waals surface area contributed by atoms with Crippen molar-refractivity contribution in [2.75, 3.05) is 0 Å². The van der Waals surface area contributed by atoms with Gasteiger partial charge in [0, 0.05) is 11.5 Å². The second-order valence-electron chi connectivity index (χ2n) is 10.9. The van der Waals surface area contributed by atoms with Crippen LogP contribution in [0.5, 0.6) is 0 Å². The quantitative estimate of drug-likeness (QED) is 0.671. The summed E-state index contributed by atoms with van der Waals surface area (Å²) in [4.78, 5) is 11.4. The van der Waals surface area contributed by atoms with E-state index in [4.69, 9.17) is 4.42 Å². The van der Waals surface area contributed by atoms with E-state index in [0.29, 0.717) is 12.3 Å². The van der Waals surface area contributed by atoms with Crippen molar-refractivity contribution in [2.24, 2.45) is 28.6 Å². The molecule has 160 valence electrons. The summed E-state index contributed by atoms with van der Waals surface area (Å²) in [5.74, 6) is 0.662. The molecule has 5 heteroatoms. The summed E-state index contributed by atoms with van der Waals surface area (Å²) in [5, 5.41) is 33.8. The SMILES string of the molecule is C[C@]12CC[C@@H](O)C[C@H]1CC[C@@H]1[C@@H]2[C@H](O)C[C@]2(C)[C@@H](c3ccc(=O)oc3)CC[C@]12O. The Morgan fingerprint density at radius 2 is 1.86 bits per heavy atom. The summed E-state index contributed by atoms with van der Waals surface area (Å²) in [6.45, 7) is 4.43. The lowest BCUT2D eigenvalue weighted by Crippen LogP contribution is -2.66. The lowest BCUT2D eigenvalue weighted by Gasteiger charge is -2.65. The minimum Gasteiger partial charge on any atom is -0.431 e. The first kappa shape index (κ1) is 19.8. The Morgan fingerprint density at radius 1 is 1.07 bits per heavy atom. The number of aliphatic hydroxyl groups is 3. The van der Waals surface area contributed by atoms with Crippen molar-refractivity contribution in [3.05, 3.63) is 34.4 Å². The van der Waals surface area contributed by atoms with Crippen molar-refractivity contribution in [2.45, 2.75) is 88.9 Å². The molecule has 4 aliphatic carbocycles. The number of hydrogen-bond donors (Lipinski definition) is 3. The molecule has 5 rings (SSSR count). The Balaban J connectivity index is 1.52. The smallest absolute Gasteiger partial charge is 0.335 e. The minimum atomic E-state index is -0.818. The van der Waals surface area contributed by atoms with Crippen LogP contribution in [0.1, 0.15) is 76.7 Å². The first-order valence-electron chi connectivity index (χ1n) is 11.4. The second kappa shape index (κ2) is 6.41. The van der Waals surface area contributed by atoms with Crippen LogP contribution in [-0.2, 0) is 0 Å². The fraction of sp³-hybridized carbons (Fsp3) is 0.792. The maximum atomic E-state index is 12.2. The monoisotopic (exact) mass is 402 g/mol. The predicted molar refractivity (Wildman–Crippen MR) is 108 cm³/mol. The first-order valence-corrected chi connectivity index (χ1v) is 11.4. The summed E-state index contributed by atoms with van der Waals surface area (Å²) >= 11 is 0. The average Bonchev–Trinajstić information content (AvgIpc) is 2.94. The van der Waals surface area contributed by atoms with Gasteiger partial charge in [-0.15, -0.1) is 0 Å². The summed E-state index contributed by atoms with van der Waals surface area (Å²) in [6, 6.07) is 3.28. The van der Waals surface area contributed by atoms with Crippen LogP contribution in [0.4, 0.5) is 0 Å². The normalized spacial score (nSPS) is 51.8. The van der Waals surface area contributed by atoms with Crippen molar-refractivity contribution in [3.8, 4) is 0 Å². The Hall–Kier alpha value is -1.17. The van der Waals surface area contributed by atoms with Gasteiger partial charge in [0.1, 0.15) is 0 Å². The molecule has 0 aromatic carbocycles. The van der Waals surface area contributed by atoms with Gasteiger partial charge < -0.3 is 19.7 Å². The molecule has 4 fully saturated rings. The van der Waals surface area contributed by atoms with Gasteiger partial charge >= 0.3 is 5.63 Å². The van der Waals surface area contributed by atoms with Gasteiger partial charge in [-0.25, -0.2) is 4.79 Å². The third-order valence-electron chi connectivity index (χ3n) is 9.89. The van der Waals surface area contributed by atoms with E-state index < -0.39 is 17.1 Å². The molecule has 1 heterocycles. The lowest BCUT2D eigenvalue weighted by molar-refractivity contribution is -0.239. The van der Waals surface area contributed by atoms with Crippen LogP contribution in [0.25, 0.3) is 0 Å². The molecule has 29 heavy (non-hydrogen) atoms.